The third-order valence-electron chi connectivity index (χ3n) is 7.20. The van der Waals surface area contributed by atoms with Gasteiger partial charge in [-0.1, -0.05) is 68.4 Å². The number of carbonyl (C=O) groups excluding carboxylic acids is 3. The van der Waals surface area contributed by atoms with Gasteiger partial charge in [0, 0.05) is 23.3 Å². The molecule has 242 valence electrons. The molecule has 0 aliphatic rings. The molecule has 2 amide bonds. The van der Waals surface area contributed by atoms with Gasteiger partial charge in [0.1, 0.15) is 11.4 Å². The molecule has 2 aromatic carbocycles. The van der Waals surface area contributed by atoms with E-state index < -0.39 is 49.5 Å². The summed E-state index contributed by atoms with van der Waals surface area (Å²) < 4.78 is 19.0. The van der Waals surface area contributed by atoms with Gasteiger partial charge in [0.15, 0.2) is 0 Å². The third kappa shape index (κ3) is 9.15. The maximum atomic E-state index is 13.5. The minimum atomic E-state index is -1.97. The van der Waals surface area contributed by atoms with Crippen LogP contribution in [0.4, 0.5) is 0 Å². The van der Waals surface area contributed by atoms with Crippen molar-refractivity contribution in [2.24, 2.45) is 17.8 Å². The van der Waals surface area contributed by atoms with Crippen LogP contribution in [0.5, 0.6) is 0 Å². The van der Waals surface area contributed by atoms with E-state index in [-0.39, 0.29) is 41.6 Å². The summed E-state index contributed by atoms with van der Waals surface area (Å²) in [6.45, 7) is 7.40. The van der Waals surface area contributed by atoms with E-state index in [9.17, 15) is 34.0 Å². The number of thioether (sulfide) groups is 1. The molecule has 1 heterocycles. The van der Waals surface area contributed by atoms with Crippen molar-refractivity contribution in [2.45, 2.75) is 56.9 Å². The van der Waals surface area contributed by atoms with Crippen molar-refractivity contribution in [1.82, 2.24) is 5.32 Å². The van der Waals surface area contributed by atoms with Gasteiger partial charge in [-0.2, -0.15) is 0 Å². The highest BCUT2D eigenvalue weighted by Gasteiger charge is 2.43. The smallest absolute Gasteiger partial charge is 0.338 e. The van der Waals surface area contributed by atoms with Crippen LogP contribution in [0.1, 0.15) is 61.3 Å². The van der Waals surface area contributed by atoms with E-state index in [1.165, 1.54) is 23.9 Å². The van der Waals surface area contributed by atoms with E-state index in [1.807, 2.05) is 45.9 Å². The summed E-state index contributed by atoms with van der Waals surface area (Å²) in [6, 6.07) is 15.9. The van der Waals surface area contributed by atoms with Crippen LogP contribution in [0.2, 0.25) is 0 Å². The number of aromatic nitrogens is 1. The molecule has 13 heteroatoms. The number of fused-ring (bicyclic) bond motifs is 1. The fraction of sp³-hybridized carbons (Fsp3) is 0.406. The molecule has 0 fully saturated rings. The van der Waals surface area contributed by atoms with Crippen LogP contribution in [0.3, 0.4) is 0 Å². The van der Waals surface area contributed by atoms with Crippen molar-refractivity contribution in [3.63, 3.8) is 0 Å². The molecule has 45 heavy (non-hydrogen) atoms. The fourth-order valence-electron chi connectivity index (χ4n) is 4.93. The van der Waals surface area contributed by atoms with Gasteiger partial charge in [-0.25, -0.2) is 9.59 Å². The van der Waals surface area contributed by atoms with Gasteiger partial charge in [-0.05, 0) is 48.9 Å². The second-order valence-corrected chi connectivity index (χ2v) is 13.9. The zero-order chi connectivity index (χ0) is 33.3. The summed E-state index contributed by atoms with van der Waals surface area (Å²) in [6.07, 6.45) is 0.369. The normalized spacial score (nSPS) is 14.3. The average molecular weight is 659 g/mol. The lowest BCUT2D eigenvalue weighted by molar-refractivity contribution is -0.653. The highest BCUT2D eigenvalue weighted by Crippen LogP contribution is 2.38. The minimum absolute atomic E-state index is 0.00679. The van der Waals surface area contributed by atoms with Gasteiger partial charge in [0.2, 0.25) is 11.4 Å². The molecular weight excluding hydrogens is 617 g/mol. The van der Waals surface area contributed by atoms with Crippen LogP contribution < -0.4 is 15.4 Å². The van der Waals surface area contributed by atoms with Gasteiger partial charge in [0.05, 0.1) is 32.6 Å². The number of ether oxygens (including phenoxy) is 1. The number of methoxy groups -OCH3 is 1. The standard InChI is InChI=1S/C32H40N3O8PS/c1-19(2)16-24(29(37)33-25(30(38)39)17-20(3)4)32(41,44-42)18-45-27-15-14-21-10-6-9-13-26(21)35(27)34-28(36)22-11-7-8-12-23(22)31(40)43-5/h6-15,19-20,24-25,41H,16-18,44H2,1-5H3,(H2-,33,34,36,37,38,39)/p+1/t24?,25-,32?/m0/s1. The van der Waals surface area contributed by atoms with Gasteiger partial charge in [0.25, 0.3) is 5.03 Å². The first-order valence-corrected chi connectivity index (χ1v) is 16.6. The number of pyridine rings is 1. The number of carboxylic acid groups (broad SMARTS) is 1. The predicted molar refractivity (Wildman–Crippen MR) is 174 cm³/mol. The number of aliphatic carboxylic acids is 1. The lowest BCUT2D eigenvalue weighted by Crippen LogP contribution is -2.52. The summed E-state index contributed by atoms with van der Waals surface area (Å²) in [7, 11) is -0.680. The highest BCUT2D eigenvalue weighted by atomic mass is 32.2. The van der Waals surface area contributed by atoms with E-state index in [0.717, 1.165) is 17.1 Å². The molecule has 0 radical (unpaired) electrons. The number of hydrogen-bond acceptors (Lipinski definition) is 8. The number of hydrogen-bond donors (Lipinski definition) is 4. The Labute approximate surface area is 267 Å². The number of rotatable bonds is 15. The van der Waals surface area contributed by atoms with Crippen molar-refractivity contribution < 1.29 is 43.4 Å². The van der Waals surface area contributed by atoms with Gasteiger partial charge in [-0.3, -0.25) is 9.59 Å². The van der Waals surface area contributed by atoms with Crippen molar-refractivity contribution in [3.05, 3.63) is 71.8 Å². The molecule has 4 N–H and O–H groups in total. The Bertz CT molecular complexity index is 1570. The fourth-order valence-corrected chi connectivity index (χ4v) is 6.92. The minimum Gasteiger partial charge on any atom is -0.480 e. The summed E-state index contributed by atoms with van der Waals surface area (Å²) >= 11 is 1.09. The zero-order valence-electron chi connectivity index (χ0n) is 26.0. The number of para-hydroxylation sites is 1. The second-order valence-electron chi connectivity index (χ2n) is 11.7. The number of aliphatic hydroxyl groups is 1. The summed E-state index contributed by atoms with van der Waals surface area (Å²) in [5.74, 6) is -4.55. The van der Waals surface area contributed by atoms with Gasteiger partial charge in [-0.15, -0.1) is 5.43 Å². The van der Waals surface area contributed by atoms with Crippen LogP contribution in [0.15, 0.2) is 65.7 Å². The van der Waals surface area contributed by atoms with Crippen LogP contribution in [0.25, 0.3) is 10.9 Å². The Morgan fingerprint density at radius 3 is 2.16 bits per heavy atom. The summed E-state index contributed by atoms with van der Waals surface area (Å²) in [5.41, 5.74) is 3.61. The quantitative estimate of drug-likeness (QED) is 0.0815. The molecule has 4 atom stereocenters. The molecule has 0 saturated heterocycles. The monoisotopic (exact) mass is 658 g/mol. The number of benzene rings is 2. The maximum absolute atomic E-state index is 13.5. The van der Waals surface area contributed by atoms with E-state index in [0.29, 0.717) is 10.5 Å². The van der Waals surface area contributed by atoms with Crippen molar-refractivity contribution in [1.29, 1.82) is 0 Å². The van der Waals surface area contributed by atoms with Crippen LogP contribution in [0, 0.1) is 17.8 Å². The Morgan fingerprint density at radius 1 is 0.933 bits per heavy atom. The van der Waals surface area contributed by atoms with Crippen LogP contribution in [-0.2, 0) is 18.9 Å². The number of nitrogens with one attached hydrogen (secondary N) is 2. The number of carbonyl (C=O) groups is 4. The van der Waals surface area contributed by atoms with Crippen LogP contribution in [-0.4, -0.2) is 58.2 Å². The van der Waals surface area contributed by atoms with Crippen LogP contribution >= 0.6 is 20.2 Å². The lowest BCUT2D eigenvalue weighted by Gasteiger charge is -2.32. The Balaban J connectivity index is 1.98. The van der Waals surface area contributed by atoms with Gasteiger partial charge >= 0.3 is 17.8 Å². The lowest BCUT2D eigenvalue weighted by atomic mass is 9.90. The molecular formula is C32H41N3O8PS+. The number of esters is 1. The topological polar surface area (TPSA) is 163 Å². The largest absolute Gasteiger partial charge is 0.480 e. The van der Waals surface area contributed by atoms with E-state index in [1.54, 1.807) is 30.3 Å². The molecule has 0 spiro atoms. The van der Waals surface area contributed by atoms with E-state index in [2.05, 4.69) is 10.7 Å². The molecule has 0 aliphatic carbocycles. The molecule has 3 unspecified atom stereocenters. The molecule has 3 rings (SSSR count). The first-order valence-electron chi connectivity index (χ1n) is 14.6. The van der Waals surface area contributed by atoms with Crippen molar-refractivity contribution in [3.8, 4) is 0 Å². The Kier molecular flexibility index (Phi) is 12.7. The summed E-state index contributed by atoms with van der Waals surface area (Å²) in [4.78, 5) is 51.2. The van der Waals surface area contributed by atoms with Crippen molar-refractivity contribution >= 4 is 54.9 Å². The molecule has 1 aromatic heterocycles. The highest BCUT2D eigenvalue weighted by molar-refractivity contribution is 7.99. The second kappa shape index (κ2) is 16.0. The molecule has 0 bridgehead atoms. The van der Waals surface area contributed by atoms with E-state index >= 15 is 0 Å². The van der Waals surface area contributed by atoms with E-state index in [4.69, 9.17) is 4.74 Å². The molecule has 3 aromatic rings. The molecule has 0 saturated carbocycles. The third-order valence-corrected chi connectivity index (χ3v) is 9.73. The Morgan fingerprint density at radius 2 is 1.56 bits per heavy atom. The van der Waals surface area contributed by atoms with Gasteiger partial charge < -0.3 is 24.8 Å². The molecule has 0 aliphatic heterocycles. The average Bonchev–Trinajstić information content (AvgIpc) is 3.01. The zero-order valence-corrected chi connectivity index (χ0v) is 28.0. The van der Waals surface area contributed by atoms with Crippen molar-refractivity contribution in [2.75, 3.05) is 18.3 Å². The summed E-state index contributed by atoms with van der Waals surface area (Å²) in [5, 5.41) is 23.2. The predicted octanol–water partition coefficient (Wildman–Crippen LogP) is 4.11. The molecule has 11 nitrogen and oxygen atoms in total. The number of carboxylic acids is 1. The number of nitrogens with zero attached hydrogens (tertiary/aromatic N) is 1. The first kappa shape index (κ1) is 35.7. The maximum Gasteiger partial charge on any atom is 0.338 e. The first-order chi connectivity index (χ1) is 21.3. The Hall–Kier alpha value is -3.73. The number of amides is 2. The SMILES string of the molecule is COC(=O)c1ccccc1C(=O)N[n+]1c(SCC(O)([PH2]=O)C(CC(C)C)C(=O)N[C@@H](CC(C)C)C(=O)O)ccc2ccccc21.